The molecule has 1 aliphatic heterocycles. The van der Waals surface area contributed by atoms with Crippen molar-refractivity contribution in [3.05, 3.63) is 18.0 Å². The normalized spacial score (nSPS) is 28.4. The molecule has 140 valence electrons. The minimum absolute atomic E-state index is 0.0313. The second kappa shape index (κ2) is 9.85. The SMILES string of the molecule is CO[C@@H]1C[C@@H](C(=O)NCc2ccn[nH]2)CC[C@H]1NC1CSCCSC1. The fourth-order valence-electron chi connectivity index (χ4n) is 3.54. The Kier molecular flexibility index (Phi) is 7.51. The molecule has 1 saturated heterocycles. The third kappa shape index (κ3) is 5.64. The van der Waals surface area contributed by atoms with Crippen LogP contribution in [0.3, 0.4) is 0 Å². The maximum Gasteiger partial charge on any atom is 0.223 e. The zero-order valence-corrected chi connectivity index (χ0v) is 16.3. The van der Waals surface area contributed by atoms with Gasteiger partial charge in [-0.15, -0.1) is 0 Å². The number of aromatic amines is 1. The van der Waals surface area contributed by atoms with Crippen molar-refractivity contribution < 1.29 is 9.53 Å². The van der Waals surface area contributed by atoms with Crippen LogP contribution in [-0.4, -0.2) is 64.4 Å². The number of rotatable bonds is 6. The summed E-state index contributed by atoms with van der Waals surface area (Å²) in [6, 6.07) is 2.78. The summed E-state index contributed by atoms with van der Waals surface area (Å²) in [6.07, 6.45) is 4.50. The summed E-state index contributed by atoms with van der Waals surface area (Å²) in [6.45, 7) is 0.505. The number of amides is 1. The summed E-state index contributed by atoms with van der Waals surface area (Å²) in [5.41, 5.74) is 0.926. The molecule has 0 unspecified atom stereocenters. The number of carbonyl (C=O) groups is 1. The van der Waals surface area contributed by atoms with Gasteiger partial charge in [-0.25, -0.2) is 0 Å². The predicted octanol–water partition coefficient (Wildman–Crippen LogP) is 1.65. The first-order chi connectivity index (χ1) is 12.3. The number of nitrogens with one attached hydrogen (secondary N) is 3. The lowest BCUT2D eigenvalue weighted by Gasteiger charge is -2.37. The molecule has 1 saturated carbocycles. The van der Waals surface area contributed by atoms with Gasteiger partial charge in [-0.05, 0) is 25.3 Å². The molecule has 3 atom stereocenters. The predicted molar refractivity (Wildman–Crippen MR) is 104 cm³/mol. The number of nitrogens with zero attached hydrogens (tertiary/aromatic N) is 1. The number of thioether (sulfide) groups is 2. The van der Waals surface area contributed by atoms with E-state index in [1.165, 1.54) is 23.0 Å². The van der Waals surface area contributed by atoms with Gasteiger partial charge in [-0.1, -0.05) is 0 Å². The van der Waals surface area contributed by atoms with Gasteiger partial charge < -0.3 is 15.4 Å². The van der Waals surface area contributed by atoms with Gasteiger partial charge in [-0.3, -0.25) is 9.89 Å². The molecule has 2 aliphatic rings. The van der Waals surface area contributed by atoms with E-state index < -0.39 is 0 Å². The summed E-state index contributed by atoms with van der Waals surface area (Å²) in [5.74, 6) is 5.00. The van der Waals surface area contributed by atoms with Gasteiger partial charge in [0, 0.05) is 54.3 Å². The van der Waals surface area contributed by atoms with Gasteiger partial charge in [0.15, 0.2) is 0 Å². The summed E-state index contributed by atoms with van der Waals surface area (Å²) in [7, 11) is 1.76. The van der Waals surface area contributed by atoms with E-state index in [1.54, 1.807) is 13.3 Å². The maximum atomic E-state index is 12.5. The first-order valence-electron chi connectivity index (χ1n) is 8.96. The summed E-state index contributed by atoms with van der Waals surface area (Å²) in [5, 5.41) is 13.6. The van der Waals surface area contributed by atoms with Crippen LogP contribution in [0.5, 0.6) is 0 Å². The minimum atomic E-state index is 0.0313. The third-order valence-electron chi connectivity index (χ3n) is 4.94. The van der Waals surface area contributed by atoms with Crippen molar-refractivity contribution in [3.63, 3.8) is 0 Å². The van der Waals surface area contributed by atoms with Crippen molar-refractivity contribution in [1.29, 1.82) is 0 Å². The molecule has 0 bridgehead atoms. The van der Waals surface area contributed by atoms with E-state index in [-0.39, 0.29) is 17.9 Å². The molecule has 25 heavy (non-hydrogen) atoms. The van der Waals surface area contributed by atoms with Crippen LogP contribution in [0.2, 0.25) is 0 Å². The zero-order chi connectivity index (χ0) is 17.5. The number of hydrogen-bond donors (Lipinski definition) is 3. The molecule has 1 amide bonds. The lowest BCUT2D eigenvalue weighted by atomic mass is 9.83. The van der Waals surface area contributed by atoms with Gasteiger partial charge in [0.2, 0.25) is 5.91 Å². The van der Waals surface area contributed by atoms with Crippen LogP contribution >= 0.6 is 23.5 Å². The smallest absolute Gasteiger partial charge is 0.223 e. The Hall–Kier alpha value is -0.700. The van der Waals surface area contributed by atoms with E-state index in [2.05, 4.69) is 20.8 Å². The molecule has 3 rings (SSSR count). The molecule has 6 nitrogen and oxygen atoms in total. The number of aromatic nitrogens is 2. The van der Waals surface area contributed by atoms with Crippen molar-refractivity contribution in [2.45, 2.75) is 44.0 Å². The van der Waals surface area contributed by atoms with Crippen molar-refractivity contribution in [2.75, 3.05) is 30.1 Å². The highest BCUT2D eigenvalue weighted by Crippen LogP contribution is 2.28. The number of carbonyl (C=O) groups excluding carboxylic acids is 1. The van der Waals surface area contributed by atoms with E-state index in [0.717, 1.165) is 25.0 Å². The molecule has 3 N–H and O–H groups in total. The fraction of sp³-hybridized carbons (Fsp3) is 0.765. The molecular formula is C17H28N4O2S2. The highest BCUT2D eigenvalue weighted by atomic mass is 32.2. The monoisotopic (exact) mass is 384 g/mol. The zero-order valence-electron chi connectivity index (χ0n) is 14.7. The number of hydrogen-bond acceptors (Lipinski definition) is 6. The van der Waals surface area contributed by atoms with Crippen LogP contribution in [0.1, 0.15) is 25.0 Å². The van der Waals surface area contributed by atoms with Gasteiger partial charge in [0.1, 0.15) is 0 Å². The molecule has 1 aromatic heterocycles. The fourth-order valence-corrected chi connectivity index (χ4v) is 5.97. The first-order valence-corrected chi connectivity index (χ1v) is 11.3. The van der Waals surface area contributed by atoms with Crippen LogP contribution in [-0.2, 0) is 16.1 Å². The Labute approximate surface area is 158 Å². The second-order valence-electron chi connectivity index (χ2n) is 6.70. The number of methoxy groups -OCH3 is 1. The minimum Gasteiger partial charge on any atom is -0.380 e. The summed E-state index contributed by atoms with van der Waals surface area (Å²) < 4.78 is 5.74. The maximum absolute atomic E-state index is 12.5. The van der Waals surface area contributed by atoms with E-state index in [9.17, 15) is 4.79 Å². The highest BCUT2D eigenvalue weighted by molar-refractivity contribution is 8.03. The summed E-state index contributed by atoms with van der Waals surface area (Å²) >= 11 is 4.07. The molecule has 1 aromatic rings. The summed E-state index contributed by atoms with van der Waals surface area (Å²) in [4.78, 5) is 12.5. The first kappa shape index (κ1) is 19.1. The van der Waals surface area contributed by atoms with E-state index >= 15 is 0 Å². The largest absolute Gasteiger partial charge is 0.380 e. The lowest BCUT2D eigenvalue weighted by molar-refractivity contribution is -0.128. The van der Waals surface area contributed by atoms with Crippen LogP contribution in [0, 0.1) is 5.92 Å². The third-order valence-corrected chi connectivity index (χ3v) is 7.46. The Morgan fingerprint density at radius 2 is 2.16 bits per heavy atom. The molecule has 8 heteroatoms. The Bertz CT molecular complexity index is 521. The van der Waals surface area contributed by atoms with E-state index in [1.807, 2.05) is 29.6 Å². The highest BCUT2D eigenvalue weighted by Gasteiger charge is 2.35. The number of H-pyrrole nitrogens is 1. The molecule has 0 aromatic carbocycles. The van der Waals surface area contributed by atoms with Gasteiger partial charge >= 0.3 is 0 Å². The molecule has 0 spiro atoms. The standard InChI is InChI=1S/C17H28N4O2S2/c1-23-16-8-12(17(22)18-9-13-4-5-19-21-13)2-3-15(16)20-14-10-24-6-7-25-11-14/h4-5,12,14-16,20H,2-3,6-11H2,1H3,(H,18,22)(H,19,21)/t12-,15+,16+/m0/s1. The van der Waals surface area contributed by atoms with Gasteiger partial charge in [-0.2, -0.15) is 28.6 Å². The van der Waals surface area contributed by atoms with Gasteiger partial charge in [0.05, 0.1) is 18.3 Å². The molecule has 1 aliphatic carbocycles. The molecular weight excluding hydrogens is 356 g/mol. The topological polar surface area (TPSA) is 79.0 Å². The average molecular weight is 385 g/mol. The van der Waals surface area contributed by atoms with Crippen molar-refractivity contribution in [2.24, 2.45) is 5.92 Å². The van der Waals surface area contributed by atoms with Gasteiger partial charge in [0.25, 0.3) is 0 Å². The number of ether oxygens (including phenoxy) is 1. The van der Waals surface area contributed by atoms with Crippen LogP contribution in [0.25, 0.3) is 0 Å². The van der Waals surface area contributed by atoms with Crippen LogP contribution in [0.4, 0.5) is 0 Å². The Morgan fingerprint density at radius 3 is 2.84 bits per heavy atom. The Balaban J connectivity index is 1.47. The quantitative estimate of drug-likeness (QED) is 0.692. The van der Waals surface area contributed by atoms with Crippen molar-refractivity contribution in [3.8, 4) is 0 Å². The van der Waals surface area contributed by atoms with Crippen LogP contribution in [0.15, 0.2) is 12.3 Å². The second-order valence-corrected chi connectivity index (χ2v) is 9.00. The Morgan fingerprint density at radius 1 is 1.36 bits per heavy atom. The molecule has 0 radical (unpaired) electrons. The van der Waals surface area contributed by atoms with Crippen molar-refractivity contribution >= 4 is 29.4 Å². The van der Waals surface area contributed by atoms with Crippen LogP contribution < -0.4 is 10.6 Å². The van der Waals surface area contributed by atoms with Crippen molar-refractivity contribution in [1.82, 2.24) is 20.8 Å². The average Bonchev–Trinajstić information content (AvgIpc) is 3.03. The molecule has 2 heterocycles. The molecule has 2 fully saturated rings. The van der Waals surface area contributed by atoms with E-state index in [0.29, 0.717) is 18.6 Å². The van der Waals surface area contributed by atoms with E-state index in [4.69, 9.17) is 4.74 Å². The lowest BCUT2D eigenvalue weighted by Crippen LogP contribution is -2.52.